The minimum Gasteiger partial charge on any atom is -0.481 e. The van der Waals surface area contributed by atoms with Gasteiger partial charge in [0, 0.05) is 18.5 Å². The Labute approximate surface area is 106 Å². The normalized spacial score (nSPS) is 10.1. The maximum absolute atomic E-state index is 11.7. The number of aliphatic carboxylic acids is 1. The molecule has 0 atom stereocenters. The van der Waals surface area contributed by atoms with Crippen LogP contribution in [-0.2, 0) is 11.2 Å². The number of hydrogen-bond donors (Lipinski definition) is 3. The summed E-state index contributed by atoms with van der Waals surface area (Å²) in [4.78, 5) is 22.0. The molecule has 1 aromatic carbocycles. The number of carbonyl (C=O) groups is 2. The molecule has 0 aliphatic heterocycles. The van der Waals surface area contributed by atoms with Crippen LogP contribution in [0.25, 0.3) is 0 Å². The number of hydrogen-bond acceptors (Lipinski definition) is 3. The molecule has 18 heavy (non-hydrogen) atoms. The second kappa shape index (κ2) is 7.45. The van der Waals surface area contributed by atoms with E-state index in [1.807, 2.05) is 12.1 Å². The lowest BCUT2D eigenvalue weighted by molar-refractivity contribution is -0.137. The molecule has 0 radical (unpaired) electrons. The quantitative estimate of drug-likeness (QED) is 0.623. The molecule has 1 rings (SSSR count). The molecule has 0 saturated heterocycles. The van der Waals surface area contributed by atoms with Crippen molar-refractivity contribution in [3.05, 3.63) is 35.4 Å². The van der Waals surface area contributed by atoms with Crippen molar-refractivity contribution in [3.63, 3.8) is 0 Å². The van der Waals surface area contributed by atoms with Gasteiger partial charge in [-0.1, -0.05) is 12.1 Å². The fraction of sp³-hybridized carbons (Fsp3) is 0.385. The molecule has 0 bridgehead atoms. The van der Waals surface area contributed by atoms with E-state index in [9.17, 15) is 9.59 Å². The second-order valence-electron chi connectivity index (χ2n) is 3.99. The summed E-state index contributed by atoms with van der Waals surface area (Å²) in [6, 6.07) is 7.24. The summed E-state index contributed by atoms with van der Waals surface area (Å²) >= 11 is 0. The molecule has 0 saturated carbocycles. The molecule has 4 N–H and O–H groups in total. The van der Waals surface area contributed by atoms with E-state index in [0.29, 0.717) is 25.1 Å². The van der Waals surface area contributed by atoms with Crippen LogP contribution in [-0.4, -0.2) is 30.1 Å². The zero-order valence-corrected chi connectivity index (χ0v) is 10.2. The highest BCUT2D eigenvalue weighted by molar-refractivity contribution is 5.94. The number of benzene rings is 1. The van der Waals surface area contributed by atoms with Crippen molar-refractivity contribution in [2.24, 2.45) is 5.73 Å². The van der Waals surface area contributed by atoms with Gasteiger partial charge in [0.25, 0.3) is 5.91 Å². The molecule has 1 aromatic rings. The van der Waals surface area contributed by atoms with Gasteiger partial charge in [-0.2, -0.15) is 0 Å². The van der Waals surface area contributed by atoms with Gasteiger partial charge in [-0.3, -0.25) is 9.59 Å². The van der Waals surface area contributed by atoms with Crippen LogP contribution in [0, 0.1) is 0 Å². The lowest BCUT2D eigenvalue weighted by Crippen LogP contribution is -2.24. The fourth-order valence-corrected chi connectivity index (χ4v) is 1.53. The lowest BCUT2D eigenvalue weighted by atomic mass is 10.1. The fourth-order valence-electron chi connectivity index (χ4n) is 1.53. The Bertz CT molecular complexity index is 401. The first-order valence-electron chi connectivity index (χ1n) is 5.92. The lowest BCUT2D eigenvalue weighted by Gasteiger charge is -2.05. The van der Waals surface area contributed by atoms with Gasteiger partial charge >= 0.3 is 5.97 Å². The van der Waals surface area contributed by atoms with Crippen LogP contribution in [0.5, 0.6) is 0 Å². The average Bonchev–Trinajstić information content (AvgIpc) is 2.35. The Morgan fingerprint density at radius 2 is 1.89 bits per heavy atom. The SMILES string of the molecule is NCCc1ccc(C(=O)NCCCC(=O)O)cc1. The second-order valence-corrected chi connectivity index (χ2v) is 3.99. The summed E-state index contributed by atoms with van der Waals surface area (Å²) in [5.74, 6) is -1.03. The van der Waals surface area contributed by atoms with Crippen LogP contribution in [0.15, 0.2) is 24.3 Å². The molecule has 98 valence electrons. The van der Waals surface area contributed by atoms with Crippen LogP contribution in [0.3, 0.4) is 0 Å². The summed E-state index contributed by atoms with van der Waals surface area (Å²) in [7, 11) is 0. The summed E-state index contributed by atoms with van der Waals surface area (Å²) in [6.07, 6.45) is 1.29. The number of rotatable bonds is 7. The minimum atomic E-state index is -0.851. The van der Waals surface area contributed by atoms with Crippen molar-refractivity contribution < 1.29 is 14.7 Å². The molecule has 0 heterocycles. The third-order valence-corrected chi connectivity index (χ3v) is 2.50. The number of amides is 1. The van der Waals surface area contributed by atoms with Gasteiger partial charge < -0.3 is 16.2 Å². The smallest absolute Gasteiger partial charge is 0.303 e. The highest BCUT2D eigenvalue weighted by Crippen LogP contribution is 2.04. The van der Waals surface area contributed by atoms with Crippen LogP contribution >= 0.6 is 0 Å². The van der Waals surface area contributed by atoms with Gasteiger partial charge in [0.15, 0.2) is 0 Å². The number of carbonyl (C=O) groups excluding carboxylic acids is 1. The third kappa shape index (κ3) is 4.97. The molecule has 0 aromatic heterocycles. The van der Waals surface area contributed by atoms with Crippen molar-refractivity contribution >= 4 is 11.9 Å². The van der Waals surface area contributed by atoms with Gasteiger partial charge in [-0.05, 0) is 37.1 Å². The van der Waals surface area contributed by atoms with Crippen molar-refractivity contribution in [1.82, 2.24) is 5.32 Å². The summed E-state index contributed by atoms with van der Waals surface area (Å²) in [5.41, 5.74) is 7.11. The van der Waals surface area contributed by atoms with Crippen LogP contribution in [0.4, 0.5) is 0 Å². The molecule has 5 heteroatoms. The van der Waals surface area contributed by atoms with Gasteiger partial charge in [0.2, 0.25) is 0 Å². The first kappa shape index (κ1) is 14.2. The first-order chi connectivity index (χ1) is 8.63. The van der Waals surface area contributed by atoms with E-state index in [1.165, 1.54) is 0 Å². The van der Waals surface area contributed by atoms with Crippen molar-refractivity contribution in [3.8, 4) is 0 Å². The van der Waals surface area contributed by atoms with E-state index in [2.05, 4.69) is 5.32 Å². The van der Waals surface area contributed by atoms with E-state index in [4.69, 9.17) is 10.8 Å². The zero-order valence-electron chi connectivity index (χ0n) is 10.2. The van der Waals surface area contributed by atoms with E-state index in [1.54, 1.807) is 12.1 Å². The standard InChI is InChI=1S/C13H18N2O3/c14-8-7-10-3-5-11(6-4-10)13(18)15-9-1-2-12(16)17/h3-6H,1-2,7-9,14H2,(H,15,18)(H,16,17). The Hall–Kier alpha value is -1.88. The van der Waals surface area contributed by atoms with Gasteiger partial charge in [-0.15, -0.1) is 0 Å². The third-order valence-electron chi connectivity index (χ3n) is 2.50. The molecule has 1 amide bonds. The summed E-state index contributed by atoms with van der Waals surface area (Å²) in [5, 5.41) is 11.1. The maximum Gasteiger partial charge on any atom is 0.303 e. The van der Waals surface area contributed by atoms with E-state index < -0.39 is 5.97 Å². The molecular formula is C13H18N2O3. The molecule has 0 fully saturated rings. The monoisotopic (exact) mass is 250 g/mol. The van der Waals surface area contributed by atoms with Crippen LogP contribution in [0.1, 0.15) is 28.8 Å². The summed E-state index contributed by atoms with van der Waals surface area (Å²) < 4.78 is 0. The minimum absolute atomic E-state index is 0.0652. The molecule has 0 aliphatic carbocycles. The van der Waals surface area contributed by atoms with Crippen molar-refractivity contribution in [2.75, 3.05) is 13.1 Å². The predicted octanol–water partition coefficient (Wildman–Crippen LogP) is 0.782. The maximum atomic E-state index is 11.7. The Balaban J connectivity index is 2.39. The molecule has 0 unspecified atom stereocenters. The van der Waals surface area contributed by atoms with Crippen LogP contribution in [0.2, 0.25) is 0 Å². The molecule has 5 nitrogen and oxygen atoms in total. The van der Waals surface area contributed by atoms with Crippen molar-refractivity contribution in [1.29, 1.82) is 0 Å². The topological polar surface area (TPSA) is 92.4 Å². The largest absolute Gasteiger partial charge is 0.481 e. The zero-order chi connectivity index (χ0) is 13.4. The van der Waals surface area contributed by atoms with E-state index in [0.717, 1.165) is 12.0 Å². The Morgan fingerprint density at radius 3 is 2.44 bits per heavy atom. The van der Waals surface area contributed by atoms with Crippen LogP contribution < -0.4 is 11.1 Å². The number of nitrogens with two attached hydrogens (primary N) is 1. The number of nitrogens with one attached hydrogen (secondary N) is 1. The Morgan fingerprint density at radius 1 is 1.22 bits per heavy atom. The highest BCUT2D eigenvalue weighted by atomic mass is 16.4. The van der Waals surface area contributed by atoms with Crippen molar-refractivity contribution in [2.45, 2.75) is 19.3 Å². The predicted molar refractivity (Wildman–Crippen MR) is 68.4 cm³/mol. The van der Waals surface area contributed by atoms with Gasteiger partial charge in [0.05, 0.1) is 0 Å². The number of carboxylic acid groups (broad SMARTS) is 1. The highest BCUT2D eigenvalue weighted by Gasteiger charge is 2.05. The Kier molecular flexibility index (Phi) is 5.87. The van der Waals surface area contributed by atoms with Gasteiger partial charge in [-0.25, -0.2) is 0 Å². The van der Waals surface area contributed by atoms with E-state index in [-0.39, 0.29) is 12.3 Å². The molecule has 0 spiro atoms. The number of carboxylic acids is 1. The van der Waals surface area contributed by atoms with E-state index >= 15 is 0 Å². The summed E-state index contributed by atoms with van der Waals surface area (Å²) in [6.45, 7) is 0.955. The molecular weight excluding hydrogens is 232 g/mol. The molecule has 0 aliphatic rings. The van der Waals surface area contributed by atoms with Gasteiger partial charge in [0.1, 0.15) is 0 Å². The first-order valence-corrected chi connectivity index (χ1v) is 5.92. The average molecular weight is 250 g/mol.